The van der Waals surface area contributed by atoms with Gasteiger partial charge in [-0.05, 0) is 24.0 Å². The van der Waals surface area contributed by atoms with Crippen LogP contribution in [0.4, 0.5) is 0 Å². The maximum absolute atomic E-state index is 12.4. The molecule has 0 bridgehead atoms. The van der Waals surface area contributed by atoms with E-state index in [0.29, 0.717) is 18.0 Å². The number of hydrogen-bond acceptors (Lipinski definition) is 6. The van der Waals surface area contributed by atoms with Crippen molar-refractivity contribution in [1.29, 1.82) is 0 Å². The first-order chi connectivity index (χ1) is 13.0. The van der Waals surface area contributed by atoms with Gasteiger partial charge < -0.3 is 21.2 Å². The van der Waals surface area contributed by atoms with Gasteiger partial charge in [0, 0.05) is 29.3 Å². The molecule has 1 aliphatic heterocycles. The summed E-state index contributed by atoms with van der Waals surface area (Å²) < 4.78 is 0. The van der Waals surface area contributed by atoms with Crippen molar-refractivity contribution < 1.29 is 14.4 Å². The Labute approximate surface area is 185 Å². The average Bonchev–Trinajstić information content (AvgIpc) is 3.34. The summed E-state index contributed by atoms with van der Waals surface area (Å²) in [6.45, 7) is 2.47. The second-order valence-corrected chi connectivity index (χ2v) is 7.38. The van der Waals surface area contributed by atoms with E-state index >= 15 is 0 Å². The van der Waals surface area contributed by atoms with Gasteiger partial charge in [-0.2, -0.15) is 0 Å². The highest BCUT2D eigenvalue weighted by molar-refractivity contribution is 7.10. The molecule has 0 spiro atoms. The van der Waals surface area contributed by atoms with E-state index in [0.717, 1.165) is 17.8 Å². The SMILES string of the molecule is CC(=O)O/N=C(/N)c1csc(CNC(=O)[C@@H]2C[C@H](c3ccccc3)CN2)c1.Cl.Cl. The van der Waals surface area contributed by atoms with Gasteiger partial charge in [-0.3, -0.25) is 4.79 Å². The second-order valence-electron chi connectivity index (χ2n) is 6.38. The van der Waals surface area contributed by atoms with Crippen molar-refractivity contribution in [2.45, 2.75) is 31.8 Å². The molecule has 1 fully saturated rings. The Bertz CT molecular complexity index is 845. The van der Waals surface area contributed by atoms with Crippen LogP contribution in [-0.2, 0) is 21.0 Å². The number of amides is 1. The summed E-state index contributed by atoms with van der Waals surface area (Å²) >= 11 is 1.46. The number of rotatable bonds is 6. The molecule has 1 aromatic heterocycles. The molecule has 1 aliphatic rings. The molecule has 1 amide bonds. The highest BCUT2D eigenvalue weighted by Crippen LogP contribution is 2.25. The summed E-state index contributed by atoms with van der Waals surface area (Å²) in [7, 11) is 0. The standard InChI is InChI=1S/C19H22N4O3S.2ClH/c1-12(24)26-23-18(20)15-7-16(27-11-15)10-22-19(25)17-8-14(9-21-17)13-5-3-2-4-6-13;;/h2-7,11,14,17,21H,8-10H2,1H3,(H2,20,23)(H,22,25);2*1H/t14-,17-;;/m0../s1. The molecule has 10 heteroatoms. The van der Waals surface area contributed by atoms with Gasteiger partial charge in [-0.25, -0.2) is 4.79 Å². The van der Waals surface area contributed by atoms with Crippen molar-refractivity contribution in [1.82, 2.24) is 10.6 Å². The van der Waals surface area contributed by atoms with Gasteiger partial charge in [-0.15, -0.1) is 36.2 Å². The van der Waals surface area contributed by atoms with Gasteiger partial charge in [0.15, 0.2) is 5.84 Å². The minimum absolute atomic E-state index is 0. The van der Waals surface area contributed by atoms with Crippen LogP contribution in [0.1, 0.15) is 35.3 Å². The topological polar surface area (TPSA) is 106 Å². The Morgan fingerprint density at radius 1 is 1.31 bits per heavy atom. The van der Waals surface area contributed by atoms with E-state index in [9.17, 15) is 9.59 Å². The molecule has 2 aromatic rings. The number of carbonyl (C=O) groups is 2. The molecule has 3 rings (SSSR count). The summed E-state index contributed by atoms with van der Waals surface area (Å²) in [5.41, 5.74) is 7.68. The Hall–Kier alpha value is -2.13. The smallest absolute Gasteiger partial charge is 0.332 e. The summed E-state index contributed by atoms with van der Waals surface area (Å²) in [5, 5.41) is 11.6. The third-order valence-corrected chi connectivity index (χ3v) is 5.31. The molecule has 0 saturated carbocycles. The van der Waals surface area contributed by atoms with E-state index in [2.05, 4.69) is 32.8 Å². The molecule has 7 nitrogen and oxygen atoms in total. The van der Waals surface area contributed by atoms with Gasteiger partial charge in [0.05, 0.1) is 12.6 Å². The van der Waals surface area contributed by atoms with Gasteiger partial charge >= 0.3 is 5.97 Å². The molecule has 158 valence electrons. The van der Waals surface area contributed by atoms with Crippen LogP contribution in [0.5, 0.6) is 0 Å². The van der Waals surface area contributed by atoms with Gasteiger partial charge in [0.25, 0.3) is 0 Å². The lowest BCUT2D eigenvalue weighted by Gasteiger charge is -2.11. The molecule has 0 aliphatic carbocycles. The molecule has 4 N–H and O–H groups in total. The van der Waals surface area contributed by atoms with E-state index in [4.69, 9.17) is 5.73 Å². The number of carbonyl (C=O) groups excluding carboxylic acids is 2. The molecule has 1 aromatic carbocycles. The van der Waals surface area contributed by atoms with Crippen LogP contribution in [0.15, 0.2) is 46.9 Å². The van der Waals surface area contributed by atoms with Crippen LogP contribution in [0.3, 0.4) is 0 Å². The highest BCUT2D eigenvalue weighted by atomic mass is 35.5. The van der Waals surface area contributed by atoms with Crippen molar-refractivity contribution in [2.24, 2.45) is 10.9 Å². The quantitative estimate of drug-likeness (QED) is 0.267. The second kappa shape index (κ2) is 11.8. The fourth-order valence-corrected chi connectivity index (χ4v) is 3.80. The normalized spacial score (nSPS) is 18.3. The number of nitrogens with zero attached hydrogens (tertiary/aromatic N) is 1. The summed E-state index contributed by atoms with van der Waals surface area (Å²) in [6, 6.07) is 11.9. The molecular formula is C19H24Cl2N4O3S. The largest absolute Gasteiger partial charge is 0.380 e. The third kappa shape index (κ3) is 7.01. The van der Waals surface area contributed by atoms with Crippen molar-refractivity contribution in [2.75, 3.05) is 6.54 Å². The monoisotopic (exact) mass is 458 g/mol. The number of nitrogens with one attached hydrogen (secondary N) is 2. The lowest BCUT2D eigenvalue weighted by molar-refractivity contribution is -0.140. The maximum Gasteiger partial charge on any atom is 0.332 e. The third-order valence-electron chi connectivity index (χ3n) is 4.38. The summed E-state index contributed by atoms with van der Waals surface area (Å²) in [4.78, 5) is 28.7. The Morgan fingerprint density at radius 2 is 2.03 bits per heavy atom. The van der Waals surface area contributed by atoms with Crippen LogP contribution >= 0.6 is 36.2 Å². The lowest BCUT2D eigenvalue weighted by atomic mass is 9.96. The fourth-order valence-electron chi connectivity index (χ4n) is 2.99. The molecule has 0 unspecified atom stereocenters. The van der Waals surface area contributed by atoms with Crippen LogP contribution in [0.2, 0.25) is 0 Å². The first-order valence-electron chi connectivity index (χ1n) is 8.68. The van der Waals surface area contributed by atoms with E-state index in [-0.39, 0.29) is 42.6 Å². The molecule has 29 heavy (non-hydrogen) atoms. The highest BCUT2D eigenvalue weighted by Gasteiger charge is 2.30. The van der Waals surface area contributed by atoms with Crippen molar-refractivity contribution in [3.8, 4) is 0 Å². The zero-order chi connectivity index (χ0) is 19.2. The van der Waals surface area contributed by atoms with E-state index in [1.54, 1.807) is 0 Å². The van der Waals surface area contributed by atoms with Crippen molar-refractivity contribution in [3.63, 3.8) is 0 Å². The number of amidine groups is 1. The molecule has 0 radical (unpaired) electrons. The Kier molecular flexibility index (Phi) is 10.1. The van der Waals surface area contributed by atoms with Crippen LogP contribution in [-0.4, -0.2) is 30.3 Å². The zero-order valence-corrected chi connectivity index (χ0v) is 18.2. The predicted octanol–water partition coefficient (Wildman–Crippen LogP) is 2.54. The number of oxime groups is 1. The summed E-state index contributed by atoms with van der Waals surface area (Å²) in [5.74, 6) is -0.0572. The van der Waals surface area contributed by atoms with Crippen LogP contribution < -0.4 is 16.4 Å². The first-order valence-corrected chi connectivity index (χ1v) is 9.55. The predicted molar refractivity (Wildman–Crippen MR) is 119 cm³/mol. The van der Waals surface area contributed by atoms with Crippen molar-refractivity contribution in [3.05, 3.63) is 57.8 Å². The van der Waals surface area contributed by atoms with E-state index in [1.807, 2.05) is 29.6 Å². The minimum Gasteiger partial charge on any atom is -0.380 e. The molecular weight excluding hydrogens is 435 g/mol. The Balaban J connectivity index is 0.00000210. The fraction of sp³-hybridized carbons (Fsp3) is 0.316. The number of thiophene rings is 1. The van der Waals surface area contributed by atoms with Gasteiger partial charge in [0.1, 0.15) is 0 Å². The average molecular weight is 459 g/mol. The van der Waals surface area contributed by atoms with Crippen LogP contribution in [0.25, 0.3) is 0 Å². The minimum atomic E-state index is -0.529. The van der Waals surface area contributed by atoms with Gasteiger partial charge in [-0.1, -0.05) is 35.5 Å². The number of benzene rings is 1. The number of hydrogen-bond donors (Lipinski definition) is 3. The van der Waals surface area contributed by atoms with E-state index < -0.39 is 5.97 Å². The molecule has 2 heterocycles. The first kappa shape index (κ1) is 24.9. The number of nitrogens with two attached hydrogens (primary N) is 1. The zero-order valence-electron chi connectivity index (χ0n) is 15.8. The summed E-state index contributed by atoms with van der Waals surface area (Å²) in [6.07, 6.45) is 0.785. The molecule has 1 saturated heterocycles. The Morgan fingerprint density at radius 3 is 2.72 bits per heavy atom. The van der Waals surface area contributed by atoms with Crippen molar-refractivity contribution >= 4 is 53.9 Å². The molecule has 2 atom stereocenters. The van der Waals surface area contributed by atoms with Crippen LogP contribution in [0, 0.1) is 0 Å². The van der Waals surface area contributed by atoms with Gasteiger partial charge in [0.2, 0.25) is 5.91 Å². The van der Waals surface area contributed by atoms with E-state index in [1.165, 1.54) is 23.8 Å². The maximum atomic E-state index is 12.4. The number of halogens is 2. The lowest BCUT2D eigenvalue weighted by Crippen LogP contribution is -2.39.